The summed E-state index contributed by atoms with van der Waals surface area (Å²) < 4.78 is 1.85. The van der Waals surface area contributed by atoms with E-state index in [1.807, 2.05) is 33.7 Å². The predicted molar refractivity (Wildman–Crippen MR) is 122 cm³/mol. The molecule has 4 aliphatic carbocycles. The van der Waals surface area contributed by atoms with Crippen molar-refractivity contribution < 1.29 is 9.59 Å². The molecule has 32 heavy (non-hydrogen) atoms. The van der Waals surface area contributed by atoms with Gasteiger partial charge in [-0.1, -0.05) is 6.07 Å². The maximum absolute atomic E-state index is 13.2. The van der Waals surface area contributed by atoms with Gasteiger partial charge >= 0.3 is 0 Å². The number of rotatable bonds is 5. The molecule has 1 N–H and O–H groups in total. The van der Waals surface area contributed by atoms with Gasteiger partial charge in [0.25, 0.3) is 5.91 Å². The van der Waals surface area contributed by atoms with E-state index in [2.05, 4.69) is 10.3 Å². The average molecular weight is 435 g/mol. The van der Waals surface area contributed by atoms with Crippen molar-refractivity contribution in [1.82, 2.24) is 19.6 Å². The number of hydrogen-bond donors (Lipinski definition) is 1. The Bertz CT molecular complexity index is 1000. The molecule has 7 rings (SSSR count). The highest BCUT2D eigenvalue weighted by atomic mass is 16.2. The van der Waals surface area contributed by atoms with Gasteiger partial charge in [0.2, 0.25) is 5.91 Å². The first-order valence-corrected chi connectivity index (χ1v) is 12.6. The van der Waals surface area contributed by atoms with E-state index in [0.29, 0.717) is 17.5 Å². The van der Waals surface area contributed by atoms with Gasteiger partial charge in [-0.3, -0.25) is 14.0 Å². The van der Waals surface area contributed by atoms with E-state index in [1.54, 1.807) is 0 Å². The van der Waals surface area contributed by atoms with E-state index in [-0.39, 0.29) is 11.8 Å². The lowest BCUT2D eigenvalue weighted by Gasteiger charge is -2.56. The van der Waals surface area contributed by atoms with E-state index in [4.69, 9.17) is 0 Å². The minimum Gasteiger partial charge on any atom is -0.350 e. The number of likely N-dealkylation sites (tertiary alicyclic amines) is 1. The summed E-state index contributed by atoms with van der Waals surface area (Å²) in [6, 6.07) is 5.66. The molecule has 6 nitrogen and oxygen atoms in total. The number of aromatic nitrogens is 2. The molecule has 0 radical (unpaired) electrons. The number of carbonyl (C=O) groups excluding carboxylic acids is 2. The molecule has 4 bridgehead atoms. The smallest absolute Gasteiger partial charge is 0.268 e. The molecule has 2 amide bonds. The second-order valence-corrected chi connectivity index (χ2v) is 11.1. The Balaban J connectivity index is 1.16. The van der Waals surface area contributed by atoms with Gasteiger partial charge in [-0.15, -0.1) is 0 Å². The van der Waals surface area contributed by atoms with Crippen LogP contribution >= 0.6 is 0 Å². The Labute approximate surface area is 189 Å². The number of imidazole rings is 1. The topological polar surface area (TPSA) is 66.7 Å². The molecule has 0 unspecified atom stereocenters. The highest BCUT2D eigenvalue weighted by Gasteiger charge is 2.50. The van der Waals surface area contributed by atoms with Crippen LogP contribution in [0.25, 0.3) is 5.65 Å². The SMILES string of the molecule is O=C(NCC12CC3CC(CC(C3)C1)C2)c1cccc2nc(CC(=O)N3CCCCC3)cn12. The van der Waals surface area contributed by atoms with Gasteiger partial charge in [-0.2, -0.15) is 0 Å². The van der Waals surface area contributed by atoms with E-state index in [1.165, 1.54) is 44.9 Å². The van der Waals surface area contributed by atoms with E-state index in [9.17, 15) is 9.59 Å². The van der Waals surface area contributed by atoms with Crippen molar-refractivity contribution in [2.75, 3.05) is 19.6 Å². The molecule has 1 aliphatic heterocycles. The zero-order valence-electron chi connectivity index (χ0n) is 18.9. The zero-order chi connectivity index (χ0) is 21.7. The Morgan fingerprint density at radius 1 is 1.00 bits per heavy atom. The Morgan fingerprint density at radius 2 is 1.69 bits per heavy atom. The van der Waals surface area contributed by atoms with Gasteiger partial charge in [0.1, 0.15) is 11.3 Å². The first-order valence-electron chi connectivity index (χ1n) is 12.6. The molecule has 4 saturated carbocycles. The molecule has 6 heteroatoms. The van der Waals surface area contributed by atoms with Gasteiger partial charge in [0, 0.05) is 25.8 Å². The van der Waals surface area contributed by atoms with Crippen molar-refractivity contribution >= 4 is 17.5 Å². The quantitative estimate of drug-likeness (QED) is 0.778. The lowest BCUT2D eigenvalue weighted by atomic mass is 9.49. The molecule has 2 aromatic rings. The summed E-state index contributed by atoms with van der Waals surface area (Å²) in [7, 11) is 0. The number of amides is 2. The minimum absolute atomic E-state index is 0.0300. The van der Waals surface area contributed by atoms with E-state index in [0.717, 1.165) is 61.6 Å². The monoisotopic (exact) mass is 434 g/mol. The van der Waals surface area contributed by atoms with Crippen LogP contribution in [0.1, 0.15) is 74.0 Å². The predicted octanol–water partition coefficient (Wildman–Crippen LogP) is 3.84. The lowest BCUT2D eigenvalue weighted by Crippen LogP contribution is -2.51. The van der Waals surface area contributed by atoms with Gasteiger partial charge in [0.05, 0.1) is 12.1 Å². The Morgan fingerprint density at radius 3 is 2.38 bits per heavy atom. The van der Waals surface area contributed by atoms with Crippen LogP contribution < -0.4 is 5.32 Å². The third kappa shape index (κ3) is 3.71. The fourth-order valence-electron chi connectivity index (χ4n) is 7.61. The third-order valence-corrected chi connectivity index (χ3v) is 8.60. The molecule has 1 saturated heterocycles. The van der Waals surface area contributed by atoms with Gasteiger partial charge < -0.3 is 10.2 Å². The summed E-state index contributed by atoms with van der Waals surface area (Å²) in [5.41, 5.74) is 2.39. The normalized spacial score (nSPS) is 31.2. The molecule has 5 fully saturated rings. The molecule has 0 spiro atoms. The van der Waals surface area contributed by atoms with Crippen LogP contribution in [0, 0.1) is 23.2 Å². The van der Waals surface area contributed by atoms with Crippen molar-refractivity contribution in [3.8, 4) is 0 Å². The fraction of sp³-hybridized carbons (Fsp3) is 0.654. The number of carbonyl (C=O) groups is 2. The van der Waals surface area contributed by atoms with E-state index >= 15 is 0 Å². The fourth-order valence-corrected chi connectivity index (χ4v) is 7.61. The molecular weight excluding hydrogens is 400 g/mol. The minimum atomic E-state index is -0.0300. The number of pyridine rings is 1. The number of piperidine rings is 1. The van der Waals surface area contributed by atoms with Gasteiger partial charge in [-0.05, 0) is 93.1 Å². The molecule has 0 aromatic carbocycles. The van der Waals surface area contributed by atoms with Crippen molar-refractivity contribution in [3.63, 3.8) is 0 Å². The van der Waals surface area contributed by atoms with Crippen LogP contribution in [0.4, 0.5) is 0 Å². The number of hydrogen-bond acceptors (Lipinski definition) is 3. The largest absolute Gasteiger partial charge is 0.350 e. The maximum atomic E-state index is 13.2. The van der Waals surface area contributed by atoms with E-state index < -0.39 is 0 Å². The average Bonchev–Trinajstić information content (AvgIpc) is 3.19. The maximum Gasteiger partial charge on any atom is 0.268 e. The first-order chi connectivity index (χ1) is 15.6. The third-order valence-electron chi connectivity index (χ3n) is 8.60. The Hall–Kier alpha value is -2.37. The molecular formula is C26H34N4O2. The van der Waals surface area contributed by atoms with Crippen molar-refractivity contribution in [3.05, 3.63) is 35.8 Å². The summed E-state index contributed by atoms with van der Waals surface area (Å²) >= 11 is 0. The van der Waals surface area contributed by atoms with Gasteiger partial charge in [0.15, 0.2) is 0 Å². The first kappa shape index (κ1) is 20.3. The summed E-state index contributed by atoms with van der Waals surface area (Å²) in [6.07, 6.45) is 13.7. The lowest BCUT2D eigenvalue weighted by molar-refractivity contribution is -0.131. The number of fused-ring (bicyclic) bond motifs is 1. The highest BCUT2D eigenvalue weighted by molar-refractivity contribution is 5.93. The molecule has 3 heterocycles. The molecule has 0 atom stereocenters. The molecule has 5 aliphatic rings. The number of nitrogens with one attached hydrogen (secondary N) is 1. The van der Waals surface area contributed by atoms with Crippen molar-refractivity contribution in [1.29, 1.82) is 0 Å². The second-order valence-electron chi connectivity index (χ2n) is 11.1. The summed E-state index contributed by atoms with van der Waals surface area (Å²) in [5.74, 6) is 2.76. The number of nitrogens with zero attached hydrogens (tertiary/aromatic N) is 3. The standard InChI is InChI=1S/C26H34N4O2/c31-24(29-7-2-1-3-8-29)12-21-16-30-22(5-4-6-23(30)28-21)25(32)27-17-26-13-18-9-19(14-26)11-20(10-18)15-26/h4-6,16,18-20H,1-3,7-15,17H2,(H,27,32). The van der Waals surface area contributed by atoms with Crippen molar-refractivity contribution in [2.24, 2.45) is 23.2 Å². The summed E-state index contributed by atoms with van der Waals surface area (Å²) in [5, 5.41) is 3.29. The zero-order valence-corrected chi connectivity index (χ0v) is 18.9. The van der Waals surface area contributed by atoms with Crippen LogP contribution in [-0.4, -0.2) is 45.7 Å². The Kier molecular flexibility index (Phi) is 4.99. The second kappa shape index (κ2) is 7.89. The summed E-state index contributed by atoms with van der Waals surface area (Å²) in [4.78, 5) is 32.5. The summed E-state index contributed by atoms with van der Waals surface area (Å²) in [6.45, 7) is 2.50. The highest BCUT2D eigenvalue weighted by Crippen LogP contribution is 2.59. The van der Waals surface area contributed by atoms with Crippen LogP contribution in [0.5, 0.6) is 0 Å². The van der Waals surface area contributed by atoms with Crippen LogP contribution in [0.15, 0.2) is 24.4 Å². The molecule has 2 aromatic heterocycles. The van der Waals surface area contributed by atoms with Gasteiger partial charge in [-0.25, -0.2) is 4.98 Å². The van der Waals surface area contributed by atoms with Crippen LogP contribution in [-0.2, 0) is 11.2 Å². The van der Waals surface area contributed by atoms with Crippen molar-refractivity contribution in [2.45, 2.75) is 64.2 Å². The van der Waals surface area contributed by atoms with Crippen LogP contribution in [0.3, 0.4) is 0 Å². The molecule has 170 valence electrons. The van der Waals surface area contributed by atoms with Crippen LogP contribution in [0.2, 0.25) is 0 Å².